The van der Waals surface area contributed by atoms with Crippen LogP contribution in [0.2, 0.25) is 5.15 Å². The predicted octanol–water partition coefficient (Wildman–Crippen LogP) is 2.50. The molecule has 0 N–H and O–H groups in total. The predicted molar refractivity (Wildman–Crippen MR) is 85.5 cm³/mol. The number of benzene rings is 1. The second kappa shape index (κ2) is 7.11. The van der Waals surface area contributed by atoms with Crippen molar-refractivity contribution in [2.75, 3.05) is 25.7 Å². The smallest absolute Gasteiger partial charge is 0.162 e. The Bertz CT molecular complexity index is 753. The Morgan fingerprint density at radius 2 is 1.64 bits per heavy atom. The van der Waals surface area contributed by atoms with Crippen molar-refractivity contribution in [3.63, 3.8) is 0 Å². The second-order valence-electron chi connectivity index (χ2n) is 4.75. The van der Waals surface area contributed by atoms with Crippen LogP contribution in [0.1, 0.15) is 12.8 Å². The molecule has 2 aromatic rings. The zero-order valence-corrected chi connectivity index (χ0v) is 13.9. The molecule has 3 rings (SSSR count). The molecule has 0 radical (unpaired) electrons. The highest BCUT2D eigenvalue weighted by Crippen LogP contribution is 2.33. The molecule has 120 valence electrons. The number of hydrogen-bond acceptors (Lipinski definition) is 6. The maximum atomic E-state index is 10.4. The lowest BCUT2D eigenvalue weighted by molar-refractivity contribution is 0.356. The third-order valence-electron chi connectivity index (χ3n) is 3.25. The highest BCUT2D eigenvalue weighted by atomic mass is 35.5. The fourth-order valence-corrected chi connectivity index (χ4v) is 3.78. The molecule has 6 nitrogen and oxygen atoms in total. The number of halogens is 1. The standard InChI is InChI=1S/C10H9ClN2O2.C4H8O2S/c1-14-8-3-6-7(4-9(8)15-2)12-5-13-10(6)11;5-7(6)3-1-2-4-7/h3-5H,1-2H3;1-4H2. The molecule has 1 aliphatic heterocycles. The van der Waals surface area contributed by atoms with E-state index in [0.717, 1.165) is 23.7 Å². The van der Waals surface area contributed by atoms with E-state index in [1.807, 2.05) is 0 Å². The molecule has 0 amide bonds. The van der Waals surface area contributed by atoms with E-state index in [-0.39, 0.29) is 0 Å². The van der Waals surface area contributed by atoms with Gasteiger partial charge in [0.2, 0.25) is 0 Å². The van der Waals surface area contributed by atoms with Crippen LogP contribution in [0.5, 0.6) is 11.5 Å². The Morgan fingerprint density at radius 1 is 1.05 bits per heavy atom. The number of aromatic nitrogens is 2. The van der Waals surface area contributed by atoms with E-state index in [4.69, 9.17) is 21.1 Å². The summed E-state index contributed by atoms with van der Waals surface area (Å²) in [4.78, 5) is 7.99. The quantitative estimate of drug-likeness (QED) is 0.779. The van der Waals surface area contributed by atoms with Crippen LogP contribution in [-0.4, -0.2) is 44.1 Å². The first-order valence-electron chi connectivity index (χ1n) is 6.69. The normalized spacial score (nSPS) is 16.0. The summed E-state index contributed by atoms with van der Waals surface area (Å²) in [6.07, 6.45) is 3.17. The molecule has 0 saturated carbocycles. The Labute approximate surface area is 134 Å². The van der Waals surface area contributed by atoms with E-state index in [0.29, 0.717) is 28.2 Å². The SMILES string of the molecule is COc1cc2ncnc(Cl)c2cc1OC.O=S1(=O)CCCC1. The third kappa shape index (κ3) is 3.98. The number of rotatable bonds is 2. The van der Waals surface area contributed by atoms with E-state index in [9.17, 15) is 8.42 Å². The molecule has 0 unspecified atom stereocenters. The van der Waals surface area contributed by atoms with Gasteiger partial charge in [0.25, 0.3) is 0 Å². The highest BCUT2D eigenvalue weighted by molar-refractivity contribution is 7.91. The molecule has 0 atom stereocenters. The number of hydrogen-bond donors (Lipinski definition) is 0. The van der Waals surface area contributed by atoms with Gasteiger partial charge in [0.1, 0.15) is 21.3 Å². The third-order valence-corrected chi connectivity index (χ3v) is 5.38. The summed E-state index contributed by atoms with van der Waals surface area (Å²) in [5.74, 6) is 2.08. The molecule has 1 aromatic carbocycles. The number of methoxy groups -OCH3 is 2. The van der Waals surface area contributed by atoms with E-state index in [2.05, 4.69) is 9.97 Å². The van der Waals surface area contributed by atoms with Crippen molar-refractivity contribution in [3.05, 3.63) is 23.6 Å². The zero-order valence-electron chi connectivity index (χ0n) is 12.4. The van der Waals surface area contributed by atoms with Gasteiger partial charge in [-0.05, 0) is 18.9 Å². The summed E-state index contributed by atoms with van der Waals surface area (Å²) in [6.45, 7) is 0. The number of nitrogens with zero attached hydrogens (tertiary/aromatic N) is 2. The summed E-state index contributed by atoms with van der Waals surface area (Å²) in [6, 6.07) is 3.53. The molecule has 2 heterocycles. The molecule has 0 bridgehead atoms. The first-order chi connectivity index (χ1) is 10.5. The maximum Gasteiger partial charge on any atom is 0.162 e. The van der Waals surface area contributed by atoms with Crippen LogP contribution in [0.25, 0.3) is 10.9 Å². The van der Waals surface area contributed by atoms with Crippen LogP contribution in [0.3, 0.4) is 0 Å². The van der Waals surface area contributed by atoms with Crippen LogP contribution >= 0.6 is 11.6 Å². The van der Waals surface area contributed by atoms with Crippen LogP contribution in [0.15, 0.2) is 18.5 Å². The van der Waals surface area contributed by atoms with Crippen molar-refractivity contribution in [2.45, 2.75) is 12.8 Å². The Morgan fingerprint density at radius 3 is 2.14 bits per heavy atom. The molecule has 0 spiro atoms. The Balaban J connectivity index is 0.000000211. The van der Waals surface area contributed by atoms with Gasteiger partial charge < -0.3 is 9.47 Å². The van der Waals surface area contributed by atoms with Crippen molar-refractivity contribution in [3.8, 4) is 11.5 Å². The highest BCUT2D eigenvalue weighted by Gasteiger charge is 2.16. The largest absolute Gasteiger partial charge is 0.493 e. The molecule has 1 fully saturated rings. The number of sulfone groups is 1. The molecule has 1 aromatic heterocycles. The van der Waals surface area contributed by atoms with Gasteiger partial charge in [-0.25, -0.2) is 18.4 Å². The van der Waals surface area contributed by atoms with Gasteiger partial charge in [-0.15, -0.1) is 0 Å². The van der Waals surface area contributed by atoms with Gasteiger partial charge in [-0.1, -0.05) is 11.6 Å². The zero-order chi connectivity index (χ0) is 16.2. The van der Waals surface area contributed by atoms with Crippen molar-refractivity contribution in [2.24, 2.45) is 0 Å². The molecular formula is C14H17ClN2O4S. The van der Waals surface area contributed by atoms with Gasteiger partial charge in [0.05, 0.1) is 31.2 Å². The van der Waals surface area contributed by atoms with E-state index in [1.165, 1.54) is 6.33 Å². The number of fused-ring (bicyclic) bond motifs is 1. The average Bonchev–Trinajstić information content (AvgIpc) is 2.91. The van der Waals surface area contributed by atoms with E-state index in [1.54, 1.807) is 26.4 Å². The Hall–Kier alpha value is -1.60. The van der Waals surface area contributed by atoms with Crippen molar-refractivity contribution >= 4 is 32.3 Å². The summed E-state index contributed by atoms with van der Waals surface area (Å²) in [7, 11) is 0.600. The minimum Gasteiger partial charge on any atom is -0.493 e. The second-order valence-corrected chi connectivity index (χ2v) is 7.41. The summed E-state index contributed by atoms with van der Waals surface area (Å²) in [5, 5.41) is 1.15. The summed E-state index contributed by atoms with van der Waals surface area (Å²) in [5.41, 5.74) is 0.729. The fraction of sp³-hybridized carbons (Fsp3) is 0.429. The minimum absolute atomic E-state index is 0.404. The summed E-state index contributed by atoms with van der Waals surface area (Å²) < 4.78 is 31.2. The molecule has 1 aliphatic rings. The van der Waals surface area contributed by atoms with E-state index < -0.39 is 9.84 Å². The van der Waals surface area contributed by atoms with Gasteiger partial charge >= 0.3 is 0 Å². The fourth-order valence-electron chi connectivity index (χ4n) is 2.10. The van der Waals surface area contributed by atoms with Gasteiger partial charge in [-0.2, -0.15) is 0 Å². The lowest BCUT2D eigenvalue weighted by atomic mass is 10.2. The van der Waals surface area contributed by atoms with Crippen molar-refractivity contribution in [1.29, 1.82) is 0 Å². The minimum atomic E-state index is -2.55. The molecular weight excluding hydrogens is 328 g/mol. The van der Waals surface area contributed by atoms with Gasteiger partial charge in [0.15, 0.2) is 11.5 Å². The molecule has 8 heteroatoms. The molecule has 0 aliphatic carbocycles. The first-order valence-corrected chi connectivity index (χ1v) is 8.89. The first kappa shape index (κ1) is 16.8. The average molecular weight is 345 g/mol. The van der Waals surface area contributed by atoms with Crippen molar-refractivity contribution < 1.29 is 17.9 Å². The lowest BCUT2D eigenvalue weighted by Gasteiger charge is -2.08. The number of ether oxygens (including phenoxy) is 2. The van der Waals surface area contributed by atoms with Gasteiger partial charge in [0, 0.05) is 11.5 Å². The van der Waals surface area contributed by atoms with Crippen LogP contribution < -0.4 is 9.47 Å². The van der Waals surface area contributed by atoms with Gasteiger partial charge in [-0.3, -0.25) is 0 Å². The van der Waals surface area contributed by atoms with Crippen LogP contribution in [0.4, 0.5) is 0 Å². The summed E-state index contributed by atoms with van der Waals surface area (Å²) >= 11 is 5.93. The van der Waals surface area contributed by atoms with Crippen LogP contribution in [-0.2, 0) is 9.84 Å². The molecule has 22 heavy (non-hydrogen) atoms. The maximum absolute atomic E-state index is 10.4. The lowest BCUT2D eigenvalue weighted by Crippen LogP contribution is -1.98. The van der Waals surface area contributed by atoms with Crippen molar-refractivity contribution in [1.82, 2.24) is 9.97 Å². The van der Waals surface area contributed by atoms with Crippen LogP contribution in [0, 0.1) is 0 Å². The molecule has 1 saturated heterocycles. The Kier molecular flexibility index (Phi) is 5.42. The topological polar surface area (TPSA) is 78.4 Å². The van der Waals surface area contributed by atoms with E-state index >= 15 is 0 Å². The monoisotopic (exact) mass is 344 g/mol.